The summed E-state index contributed by atoms with van der Waals surface area (Å²) in [6.07, 6.45) is 2.64. The molecule has 2 rings (SSSR count). The van der Waals surface area contributed by atoms with Crippen molar-refractivity contribution in [1.82, 2.24) is 14.8 Å². The second-order valence-electron chi connectivity index (χ2n) is 4.88. The van der Waals surface area contributed by atoms with Crippen LogP contribution in [0.3, 0.4) is 0 Å². The van der Waals surface area contributed by atoms with Crippen molar-refractivity contribution in [3.05, 3.63) is 11.8 Å². The molecule has 2 amide bonds. The highest BCUT2D eigenvalue weighted by molar-refractivity contribution is 7.88. The van der Waals surface area contributed by atoms with E-state index in [9.17, 15) is 13.2 Å². The Labute approximate surface area is 117 Å². The molecule has 1 aromatic heterocycles. The molecule has 2 heterocycles. The summed E-state index contributed by atoms with van der Waals surface area (Å²) in [4.78, 5) is 11.8. The van der Waals surface area contributed by atoms with Gasteiger partial charge in [-0.3, -0.25) is 5.32 Å². The molecule has 0 spiro atoms. The number of hydrogen-bond donors (Lipinski definition) is 2. The van der Waals surface area contributed by atoms with E-state index in [1.54, 1.807) is 13.0 Å². The van der Waals surface area contributed by atoms with Crippen molar-refractivity contribution in [3.63, 3.8) is 0 Å². The van der Waals surface area contributed by atoms with Crippen molar-refractivity contribution in [2.75, 3.05) is 24.7 Å². The second kappa shape index (κ2) is 5.80. The number of nitrogens with zero attached hydrogens (tertiary/aromatic N) is 2. The van der Waals surface area contributed by atoms with Gasteiger partial charge in [-0.25, -0.2) is 17.5 Å². The summed E-state index contributed by atoms with van der Waals surface area (Å²) in [6, 6.07) is 0.980. The molecule has 8 nitrogen and oxygen atoms in total. The zero-order valence-corrected chi connectivity index (χ0v) is 12.2. The van der Waals surface area contributed by atoms with E-state index >= 15 is 0 Å². The average molecular weight is 302 g/mol. The van der Waals surface area contributed by atoms with E-state index in [2.05, 4.69) is 15.8 Å². The number of aryl methyl sites for hydroxylation is 1. The van der Waals surface area contributed by atoms with Crippen molar-refractivity contribution in [2.24, 2.45) is 0 Å². The Morgan fingerprint density at radius 2 is 2.30 bits per heavy atom. The molecule has 0 aliphatic carbocycles. The molecule has 0 unspecified atom stereocenters. The van der Waals surface area contributed by atoms with Gasteiger partial charge in [0.05, 0.1) is 6.26 Å². The van der Waals surface area contributed by atoms with Crippen LogP contribution in [-0.4, -0.2) is 49.3 Å². The molecule has 0 bridgehead atoms. The highest BCUT2D eigenvalue weighted by atomic mass is 32.2. The third kappa shape index (κ3) is 3.94. The van der Waals surface area contributed by atoms with Crippen LogP contribution in [0.25, 0.3) is 0 Å². The van der Waals surface area contributed by atoms with Gasteiger partial charge in [-0.1, -0.05) is 5.16 Å². The van der Waals surface area contributed by atoms with Crippen molar-refractivity contribution in [1.29, 1.82) is 0 Å². The third-order valence-electron chi connectivity index (χ3n) is 3.06. The molecule has 1 atom stereocenters. The number of carbonyl (C=O) groups excluding carboxylic acids is 1. The predicted octanol–water partition coefficient (Wildman–Crippen LogP) is 0.529. The summed E-state index contributed by atoms with van der Waals surface area (Å²) in [5.74, 6) is 0.928. The standard InChI is InChI=1S/C11H18N4O4S/c1-8-6-10(14-19-8)13-11(16)12-9-4-3-5-15(7-9)20(2,17)18/h6,9H,3-5,7H2,1-2H3,(H2,12,13,14,16)/t9-/m1/s1. The molecule has 1 saturated heterocycles. The Morgan fingerprint density at radius 1 is 1.55 bits per heavy atom. The first kappa shape index (κ1) is 14.8. The fraction of sp³-hybridized carbons (Fsp3) is 0.636. The number of urea groups is 1. The van der Waals surface area contributed by atoms with E-state index in [4.69, 9.17) is 4.52 Å². The van der Waals surface area contributed by atoms with Gasteiger partial charge in [0.2, 0.25) is 10.0 Å². The van der Waals surface area contributed by atoms with Crippen molar-refractivity contribution in [2.45, 2.75) is 25.8 Å². The van der Waals surface area contributed by atoms with E-state index < -0.39 is 16.1 Å². The van der Waals surface area contributed by atoms with Crippen LogP contribution in [0.1, 0.15) is 18.6 Å². The van der Waals surface area contributed by atoms with Gasteiger partial charge in [0.15, 0.2) is 5.82 Å². The quantitative estimate of drug-likeness (QED) is 0.847. The maximum absolute atomic E-state index is 11.8. The van der Waals surface area contributed by atoms with Gasteiger partial charge in [-0.05, 0) is 19.8 Å². The maximum atomic E-state index is 11.8. The van der Waals surface area contributed by atoms with E-state index in [-0.39, 0.29) is 6.04 Å². The molecule has 0 saturated carbocycles. The lowest BCUT2D eigenvalue weighted by atomic mass is 10.1. The lowest BCUT2D eigenvalue weighted by Crippen LogP contribution is -2.50. The number of amides is 2. The fourth-order valence-corrected chi connectivity index (χ4v) is 3.04. The Bertz CT molecular complexity index is 583. The minimum Gasteiger partial charge on any atom is -0.360 e. The summed E-state index contributed by atoms with van der Waals surface area (Å²) in [5, 5.41) is 8.93. The van der Waals surface area contributed by atoms with Crippen LogP contribution < -0.4 is 10.6 Å². The maximum Gasteiger partial charge on any atom is 0.320 e. The first-order valence-corrected chi connectivity index (χ1v) is 8.15. The van der Waals surface area contributed by atoms with Gasteiger partial charge in [-0.2, -0.15) is 0 Å². The van der Waals surface area contributed by atoms with Gasteiger partial charge in [0.25, 0.3) is 0 Å². The number of hydrogen-bond acceptors (Lipinski definition) is 5. The minimum absolute atomic E-state index is 0.202. The smallest absolute Gasteiger partial charge is 0.320 e. The van der Waals surface area contributed by atoms with Crippen LogP contribution in [-0.2, 0) is 10.0 Å². The van der Waals surface area contributed by atoms with Crippen LogP contribution in [0.15, 0.2) is 10.6 Å². The molecule has 0 radical (unpaired) electrons. The highest BCUT2D eigenvalue weighted by Crippen LogP contribution is 2.13. The fourth-order valence-electron chi connectivity index (χ4n) is 2.12. The van der Waals surface area contributed by atoms with Gasteiger partial charge < -0.3 is 9.84 Å². The van der Waals surface area contributed by atoms with Gasteiger partial charge in [0.1, 0.15) is 5.76 Å². The van der Waals surface area contributed by atoms with Gasteiger partial charge in [-0.15, -0.1) is 0 Å². The molecular formula is C11H18N4O4S. The Hall–Kier alpha value is -1.61. The van der Waals surface area contributed by atoms with Crippen LogP contribution in [0.5, 0.6) is 0 Å². The number of piperidine rings is 1. The van der Waals surface area contributed by atoms with E-state index in [1.807, 2.05) is 0 Å². The molecule has 1 aromatic rings. The Morgan fingerprint density at radius 3 is 2.90 bits per heavy atom. The normalized spacial score (nSPS) is 20.6. The van der Waals surface area contributed by atoms with Crippen LogP contribution in [0.4, 0.5) is 10.6 Å². The van der Waals surface area contributed by atoms with Crippen molar-refractivity contribution in [3.8, 4) is 0 Å². The highest BCUT2D eigenvalue weighted by Gasteiger charge is 2.26. The zero-order chi connectivity index (χ0) is 14.8. The first-order chi connectivity index (χ1) is 9.34. The van der Waals surface area contributed by atoms with E-state index in [0.29, 0.717) is 24.7 Å². The molecule has 1 aliphatic heterocycles. The summed E-state index contributed by atoms with van der Waals surface area (Å²) in [6.45, 7) is 2.52. The zero-order valence-electron chi connectivity index (χ0n) is 11.4. The summed E-state index contributed by atoms with van der Waals surface area (Å²) in [7, 11) is -3.22. The molecule has 1 aliphatic rings. The third-order valence-corrected chi connectivity index (χ3v) is 4.33. The second-order valence-corrected chi connectivity index (χ2v) is 6.86. The van der Waals surface area contributed by atoms with Gasteiger partial charge >= 0.3 is 6.03 Å². The number of aromatic nitrogens is 1. The average Bonchev–Trinajstić information content (AvgIpc) is 2.73. The Kier molecular flexibility index (Phi) is 4.29. The van der Waals surface area contributed by atoms with Crippen LogP contribution in [0, 0.1) is 6.92 Å². The van der Waals surface area contributed by atoms with Gasteiger partial charge in [0, 0.05) is 25.2 Å². The number of carbonyl (C=O) groups is 1. The Balaban J connectivity index is 1.88. The summed E-state index contributed by atoms with van der Waals surface area (Å²) in [5.41, 5.74) is 0. The SMILES string of the molecule is Cc1cc(NC(=O)N[C@@H]2CCCN(S(C)(=O)=O)C2)no1. The number of rotatable bonds is 3. The predicted molar refractivity (Wildman–Crippen MR) is 72.8 cm³/mol. The van der Waals surface area contributed by atoms with Crippen LogP contribution in [0.2, 0.25) is 0 Å². The number of anilines is 1. The summed E-state index contributed by atoms with van der Waals surface area (Å²) < 4.78 is 29.2. The minimum atomic E-state index is -3.22. The van der Waals surface area contributed by atoms with Crippen molar-refractivity contribution >= 4 is 21.9 Å². The monoisotopic (exact) mass is 302 g/mol. The van der Waals surface area contributed by atoms with Crippen LogP contribution >= 0.6 is 0 Å². The first-order valence-electron chi connectivity index (χ1n) is 6.30. The largest absolute Gasteiger partial charge is 0.360 e. The lowest BCUT2D eigenvalue weighted by molar-refractivity contribution is 0.236. The molecule has 0 aromatic carbocycles. The molecule has 1 fully saturated rings. The molecule has 2 N–H and O–H groups in total. The van der Waals surface area contributed by atoms with E-state index in [0.717, 1.165) is 12.8 Å². The number of nitrogens with one attached hydrogen (secondary N) is 2. The van der Waals surface area contributed by atoms with E-state index in [1.165, 1.54) is 10.6 Å². The lowest BCUT2D eigenvalue weighted by Gasteiger charge is -2.31. The molecule has 9 heteroatoms. The summed E-state index contributed by atoms with van der Waals surface area (Å²) >= 11 is 0. The molecule has 112 valence electrons. The number of sulfonamides is 1. The topological polar surface area (TPSA) is 105 Å². The molecular weight excluding hydrogens is 284 g/mol. The van der Waals surface area contributed by atoms with Crippen molar-refractivity contribution < 1.29 is 17.7 Å². The molecule has 20 heavy (non-hydrogen) atoms.